The summed E-state index contributed by atoms with van der Waals surface area (Å²) in [5.74, 6) is -0.718. The molecular formula is C18H18FN7O3S. The van der Waals surface area contributed by atoms with Gasteiger partial charge >= 0.3 is 6.03 Å². The van der Waals surface area contributed by atoms with Gasteiger partial charge in [-0.25, -0.2) is 27.7 Å². The van der Waals surface area contributed by atoms with E-state index < -0.39 is 21.9 Å². The molecule has 3 rings (SSSR count). The van der Waals surface area contributed by atoms with Gasteiger partial charge in [-0.1, -0.05) is 18.2 Å². The molecule has 0 radical (unpaired) electrons. The Morgan fingerprint density at radius 3 is 2.47 bits per heavy atom. The third kappa shape index (κ3) is 5.62. The normalized spacial score (nSPS) is 11.0. The molecule has 0 aliphatic heterocycles. The number of carbonyl (C=O) groups excluding carboxylic acids is 1. The fraction of sp³-hybridized carbons (Fsp3) is 0.0556. The van der Waals surface area contributed by atoms with Crippen molar-refractivity contribution in [3.05, 3.63) is 66.1 Å². The van der Waals surface area contributed by atoms with E-state index in [-0.39, 0.29) is 23.2 Å². The van der Waals surface area contributed by atoms with Gasteiger partial charge in [0.15, 0.2) is 11.6 Å². The van der Waals surface area contributed by atoms with Gasteiger partial charge in [0.25, 0.3) is 0 Å². The lowest BCUT2D eigenvalue weighted by atomic mass is 10.2. The molecule has 0 bridgehead atoms. The van der Waals surface area contributed by atoms with Gasteiger partial charge in [-0.2, -0.15) is 4.98 Å². The summed E-state index contributed by atoms with van der Waals surface area (Å²) in [4.78, 5) is 18.6. The maximum absolute atomic E-state index is 14.1. The third-order valence-corrected chi connectivity index (χ3v) is 4.76. The molecule has 156 valence electrons. The molecule has 1 heterocycles. The highest BCUT2D eigenvalue weighted by molar-refractivity contribution is 7.89. The lowest BCUT2D eigenvalue weighted by Gasteiger charge is -2.10. The van der Waals surface area contributed by atoms with Crippen molar-refractivity contribution < 1.29 is 17.6 Å². The zero-order chi connectivity index (χ0) is 21.7. The smallest absolute Gasteiger partial charge is 0.312 e. The first-order chi connectivity index (χ1) is 14.2. The zero-order valence-electron chi connectivity index (χ0n) is 15.5. The number of aromatic nitrogens is 2. The molecular weight excluding hydrogens is 413 g/mol. The Bertz CT molecular complexity index is 1170. The number of primary sulfonamides is 1. The minimum atomic E-state index is -3.87. The Balaban J connectivity index is 1.75. The minimum Gasteiger partial charge on any atom is -0.352 e. The molecule has 1 aromatic heterocycles. The summed E-state index contributed by atoms with van der Waals surface area (Å²) >= 11 is 0. The number of amides is 2. The third-order valence-electron chi connectivity index (χ3n) is 3.85. The van der Waals surface area contributed by atoms with E-state index in [2.05, 4.69) is 25.9 Å². The quantitative estimate of drug-likeness (QED) is 0.381. The number of primary amides is 1. The number of anilines is 4. The molecule has 10 nitrogen and oxygen atoms in total. The fourth-order valence-electron chi connectivity index (χ4n) is 2.43. The van der Waals surface area contributed by atoms with E-state index in [1.807, 2.05) is 0 Å². The van der Waals surface area contributed by atoms with Crippen molar-refractivity contribution in [1.82, 2.24) is 15.3 Å². The van der Waals surface area contributed by atoms with Crippen molar-refractivity contribution in [1.29, 1.82) is 0 Å². The molecule has 0 aliphatic carbocycles. The molecule has 3 aromatic rings. The minimum absolute atomic E-state index is 0.0488. The number of sulfonamides is 1. The van der Waals surface area contributed by atoms with Crippen LogP contribution in [0.1, 0.15) is 5.56 Å². The van der Waals surface area contributed by atoms with E-state index in [9.17, 15) is 17.6 Å². The van der Waals surface area contributed by atoms with Crippen LogP contribution in [0.15, 0.2) is 59.6 Å². The van der Waals surface area contributed by atoms with Crippen molar-refractivity contribution >= 4 is 39.2 Å². The Morgan fingerprint density at radius 2 is 1.80 bits per heavy atom. The lowest BCUT2D eigenvalue weighted by Crippen LogP contribution is -2.28. The number of hydrogen-bond acceptors (Lipinski definition) is 7. The Morgan fingerprint density at radius 1 is 1.07 bits per heavy atom. The Labute approximate surface area is 171 Å². The van der Waals surface area contributed by atoms with Crippen LogP contribution in [0.5, 0.6) is 0 Å². The van der Waals surface area contributed by atoms with Crippen LogP contribution in [0.25, 0.3) is 0 Å². The predicted octanol–water partition coefficient (Wildman–Crippen LogP) is 1.92. The van der Waals surface area contributed by atoms with Gasteiger partial charge in [0.1, 0.15) is 0 Å². The van der Waals surface area contributed by atoms with E-state index in [1.54, 1.807) is 30.3 Å². The zero-order valence-corrected chi connectivity index (χ0v) is 16.3. The van der Waals surface area contributed by atoms with Crippen LogP contribution < -0.4 is 26.8 Å². The first-order valence-corrected chi connectivity index (χ1v) is 10.1. The van der Waals surface area contributed by atoms with Crippen LogP contribution in [-0.2, 0) is 16.6 Å². The highest BCUT2D eigenvalue weighted by Gasteiger charge is 2.11. The Hall–Kier alpha value is -3.77. The average Bonchev–Trinajstić information content (AvgIpc) is 2.69. The van der Waals surface area contributed by atoms with E-state index in [4.69, 9.17) is 10.9 Å². The van der Waals surface area contributed by atoms with Crippen molar-refractivity contribution in [3.63, 3.8) is 0 Å². The summed E-state index contributed by atoms with van der Waals surface area (Å²) in [5, 5.41) is 13.2. The fourth-order valence-corrected chi connectivity index (χ4v) is 2.99. The Kier molecular flexibility index (Phi) is 6.09. The van der Waals surface area contributed by atoms with Gasteiger partial charge in [0.05, 0.1) is 11.1 Å². The first kappa shape index (κ1) is 21.0. The van der Waals surface area contributed by atoms with Crippen LogP contribution in [0.4, 0.5) is 32.3 Å². The average molecular weight is 431 g/mol. The molecule has 12 heteroatoms. The maximum atomic E-state index is 14.1. The van der Waals surface area contributed by atoms with Gasteiger partial charge in [-0.3, -0.25) is 0 Å². The molecule has 30 heavy (non-hydrogen) atoms. The molecule has 0 spiro atoms. The highest BCUT2D eigenvalue weighted by Crippen LogP contribution is 2.22. The van der Waals surface area contributed by atoms with Crippen molar-refractivity contribution in [3.8, 4) is 0 Å². The number of hydrogen-bond donors (Lipinski definition) is 5. The van der Waals surface area contributed by atoms with Crippen LogP contribution in [-0.4, -0.2) is 24.4 Å². The topological polar surface area (TPSA) is 165 Å². The van der Waals surface area contributed by atoms with Gasteiger partial charge in [0.2, 0.25) is 16.0 Å². The molecule has 0 saturated heterocycles. The number of nitrogens with one attached hydrogen (secondary N) is 3. The molecule has 0 unspecified atom stereocenters. The SMILES string of the molecule is NC(=O)NCc1ccc(Nc2nc(Nc3cccc(S(N)(=O)=O)c3)ncc2F)cc1. The second-order valence-electron chi connectivity index (χ2n) is 6.13. The number of nitrogens with two attached hydrogens (primary N) is 2. The summed E-state index contributed by atoms with van der Waals surface area (Å²) in [6.45, 7) is 0.267. The monoisotopic (exact) mass is 431 g/mol. The molecule has 2 amide bonds. The number of carbonyl (C=O) groups is 1. The van der Waals surface area contributed by atoms with Crippen molar-refractivity contribution in [2.45, 2.75) is 11.4 Å². The van der Waals surface area contributed by atoms with Gasteiger partial charge < -0.3 is 21.7 Å². The van der Waals surface area contributed by atoms with Crippen molar-refractivity contribution in [2.24, 2.45) is 10.9 Å². The summed E-state index contributed by atoms with van der Waals surface area (Å²) in [6.07, 6.45) is 0.979. The molecule has 0 fully saturated rings. The molecule has 7 N–H and O–H groups in total. The second-order valence-corrected chi connectivity index (χ2v) is 7.69. The summed E-state index contributed by atoms with van der Waals surface area (Å²) in [5.41, 5.74) is 6.75. The highest BCUT2D eigenvalue weighted by atomic mass is 32.2. The van der Waals surface area contributed by atoms with E-state index in [0.717, 1.165) is 11.8 Å². The summed E-state index contributed by atoms with van der Waals surface area (Å²) < 4.78 is 37.1. The number of urea groups is 1. The molecule has 0 atom stereocenters. The number of halogens is 1. The molecule has 2 aromatic carbocycles. The van der Waals surface area contributed by atoms with Gasteiger partial charge in [-0.15, -0.1) is 0 Å². The van der Waals surface area contributed by atoms with Gasteiger partial charge in [-0.05, 0) is 35.9 Å². The van der Waals surface area contributed by atoms with Crippen LogP contribution in [0.2, 0.25) is 0 Å². The summed E-state index contributed by atoms with van der Waals surface area (Å²) in [7, 11) is -3.87. The standard InChI is InChI=1S/C18H18FN7O3S/c19-15-10-23-18(25-13-2-1-3-14(8-13)30(21,28)29)26-16(15)24-12-6-4-11(5-7-12)9-22-17(20)27/h1-8,10H,9H2,(H3,20,22,27)(H2,21,28,29)(H2,23,24,25,26). The maximum Gasteiger partial charge on any atom is 0.312 e. The van der Waals surface area contributed by atoms with E-state index in [0.29, 0.717) is 11.4 Å². The second kappa shape index (κ2) is 8.71. The largest absolute Gasteiger partial charge is 0.352 e. The number of rotatable bonds is 7. The van der Waals surface area contributed by atoms with Gasteiger partial charge in [0, 0.05) is 17.9 Å². The number of nitrogens with zero attached hydrogens (tertiary/aromatic N) is 2. The first-order valence-electron chi connectivity index (χ1n) is 8.52. The lowest BCUT2D eigenvalue weighted by molar-refractivity contribution is 0.248. The van der Waals surface area contributed by atoms with Crippen LogP contribution >= 0.6 is 0 Å². The molecule has 0 saturated carbocycles. The number of benzene rings is 2. The van der Waals surface area contributed by atoms with Crippen LogP contribution in [0.3, 0.4) is 0 Å². The van der Waals surface area contributed by atoms with Crippen molar-refractivity contribution in [2.75, 3.05) is 10.6 Å². The predicted molar refractivity (Wildman–Crippen MR) is 109 cm³/mol. The van der Waals surface area contributed by atoms with Crippen LogP contribution in [0, 0.1) is 5.82 Å². The van der Waals surface area contributed by atoms with E-state index in [1.165, 1.54) is 18.2 Å². The van der Waals surface area contributed by atoms with E-state index >= 15 is 0 Å². The summed E-state index contributed by atoms with van der Waals surface area (Å²) in [6, 6.07) is 12.0. The molecule has 0 aliphatic rings.